The van der Waals surface area contributed by atoms with E-state index in [4.69, 9.17) is 11.6 Å². The van der Waals surface area contributed by atoms with Crippen LogP contribution in [-0.2, 0) is 6.54 Å². The second-order valence-electron chi connectivity index (χ2n) is 4.20. The van der Waals surface area contributed by atoms with Crippen molar-refractivity contribution in [3.63, 3.8) is 0 Å². The minimum atomic E-state index is -0.346. The zero-order valence-electron chi connectivity index (χ0n) is 10.5. The molecule has 0 unspecified atom stereocenters. The van der Waals surface area contributed by atoms with Crippen molar-refractivity contribution in [1.29, 1.82) is 0 Å². The average Bonchev–Trinajstić information content (AvgIpc) is 2.31. The number of likely N-dealkylation sites (N-methyl/N-ethyl adjacent to an activating group) is 1. The molecule has 0 aliphatic heterocycles. The van der Waals surface area contributed by atoms with Crippen LogP contribution in [-0.4, -0.2) is 31.6 Å². The summed E-state index contributed by atoms with van der Waals surface area (Å²) in [5, 5.41) is 3.57. The molecule has 96 valence electrons. The number of hydrogen-bond donors (Lipinski definition) is 1. The van der Waals surface area contributed by atoms with Crippen molar-refractivity contribution in [2.24, 2.45) is 0 Å². The third kappa shape index (κ3) is 5.02. The predicted molar refractivity (Wildman–Crippen MR) is 70.9 cm³/mol. The van der Waals surface area contributed by atoms with E-state index in [0.717, 1.165) is 31.6 Å². The van der Waals surface area contributed by atoms with Crippen LogP contribution in [0.4, 0.5) is 4.39 Å². The van der Waals surface area contributed by atoms with Gasteiger partial charge in [-0.05, 0) is 31.6 Å². The van der Waals surface area contributed by atoms with Crippen molar-refractivity contribution >= 4 is 11.6 Å². The average molecular weight is 259 g/mol. The van der Waals surface area contributed by atoms with E-state index in [1.54, 1.807) is 6.07 Å². The molecule has 0 saturated heterocycles. The number of hydrogen-bond acceptors (Lipinski definition) is 2. The molecule has 4 heteroatoms. The minimum Gasteiger partial charge on any atom is -0.315 e. The van der Waals surface area contributed by atoms with Gasteiger partial charge in [0.25, 0.3) is 0 Å². The Bertz CT molecular complexity index is 344. The highest BCUT2D eigenvalue weighted by Gasteiger charge is 2.07. The number of benzene rings is 1. The fourth-order valence-corrected chi connectivity index (χ4v) is 1.80. The molecule has 1 aromatic rings. The highest BCUT2D eigenvalue weighted by molar-refractivity contribution is 6.31. The zero-order valence-corrected chi connectivity index (χ0v) is 11.2. The molecule has 1 aromatic carbocycles. The van der Waals surface area contributed by atoms with Crippen LogP contribution in [0.15, 0.2) is 18.2 Å². The summed E-state index contributed by atoms with van der Waals surface area (Å²) in [6.07, 6.45) is 1.14. The topological polar surface area (TPSA) is 15.3 Å². The Labute approximate surface area is 108 Å². The van der Waals surface area contributed by atoms with Gasteiger partial charge in [0.05, 0.1) is 5.02 Å². The van der Waals surface area contributed by atoms with Crippen molar-refractivity contribution < 1.29 is 4.39 Å². The number of nitrogens with zero attached hydrogens (tertiary/aromatic N) is 1. The van der Waals surface area contributed by atoms with Crippen LogP contribution in [0.2, 0.25) is 5.02 Å². The van der Waals surface area contributed by atoms with Gasteiger partial charge in [-0.3, -0.25) is 0 Å². The monoisotopic (exact) mass is 258 g/mol. The number of nitrogens with one attached hydrogen (secondary N) is 1. The van der Waals surface area contributed by atoms with Crippen molar-refractivity contribution in [2.45, 2.75) is 19.9 Å². The molecule has 0 amide bonds. The molecular formula is C13H20ClFN2. The van der Waals surface area contributed by atoms with Crippen LogP contribution in [0.3, 0.4) is 0 Å². The van der Waals surface area contributed by atoms with Crippen molar-refractivity contribution in [1.82, 2.24) is 10.2 Å². The smallest absolute Gasteiger partial charge is 0.142 e. The third-order valence-corrected chi connectivity index (χ3v) is 2.99. The fraction of sp³-hybridized carbons (Fsp3) is 0.538. The van der Waals surface area contributed by atoms with Gasteiger partial charge < -0.3 is 10.2 Å². The highest BCUT2D eigenvalue weighted by Crippen LogP contribution is 2.20. The van der Waals surface area contributed by atoms with E-state index in [1.165, 1.54) is 6.07 Å². The summed E-state index contributed by atoms with van der Waals surface area (Å²) in [4.78, 5) is 2.13. The molecule has 0 heterocycles. The molecule has 0 fully saturated rings. The summed E-state index contributed by atoms with van der Waals surface area (Å²) >= 11 is 5.90. The highest BCUT2D eigenvalue weighted by atomic mass is 35.5. The molecule has 17 heavy (non-hydrogen) atoms. The molecule has 0 atom stereocenters. The van der Waals surface area contributed by atoms with Gasteiger partial charge in [-0.2, -0.15) is 0 Å². The van der Waals surface area contributed by atoms with Crippen LogP contribution in [0.1, 0.15) is 18.9 Å². The summed E-state index contributed by atoms with van der Waals surface area (Å²) in [5.41, 5.74) is 0.838. The summed E-state index contributed by atoms with van der Waals surface area (Å²) in [5.74, 6) is -0.346. The van der Waals surface area contributed by atoms with Gasteiger partial charge in [0.1, 0.15) is 5.82 Å². The fourth-order valence-electron chi connectivity index (χ4n) is 1.61. The predicted octanol–water partition coefficient (Wildman–Crippen LogP) is 2.91. The number of rotatable bonds is 7. The van der Waals surface area contributed by atoms with E-state index in [2.05, 4.69) is 17.1 Å². The second kappa shape index (κ2) is 7.64. The lowest BCUT2D eigenvalue weighted by molar-refractivity contribution is 0.324. The normalized spacial score (nSPS) is 11.1. The standard InChI is InChI=1S/C13H20ClFN2/c1-3-7-16-8-9-17(2)10-11-5-4-6-12(15)13(11)14/h4-6,16H,3,7-10H2,1-2H3. The van der Waals surface area contributed by atoms with E-state index < -0.39 is 0 Å². The van der Waals surface area contributed by atoms with E-state index in [0.29, 0.717) is 6.54 Å². The quantitative estimate of drug-likeness (QED) is 0.757. The third-order valence-electron chi connectivity index (χ3n) is 2.57. The first kappa shape index (κ1) is 14.4. The lowest BCUT2D eigenvalue weighted by atomic mass is 10.2. The molecule has 0 radical (unpaired) electrons. The molecule has 1 N–H and O–H groups in total. The van der Waals surface area contributed by atoms with E-state index in [1.807, 2.05) is 13.1 Å². The molecular weight excluding hydrogens is 239 g/mol. The van der Waals surface area contributed by atoms with E-state index >= 15 is 0 Å². The van der Waals surface area contributed by atoms with Crippen LogP contribution in [0, 0.1) is 5.82 Å². The maximum Gasteiger partial charge on any atom is 0.142 e. The van der Waals surface area contributed by atoms with Crippen LogP contribution >= 0.6 is 11.6 Å². The Morgan fingerprint density at radius 3 is 2.82 bits per heavy atom. The summed E-state index contributed by atoms with van der Waals surface area (Å²) in [6, 6.07) is 4.94. The lowest BCUT2D eigenvalue weighted by Crippen LogP contribution is -2.29. The van der Waals surface area contributed by atoms with Crippen molar-refractivity contribution in [3.05, 3.63) is 34.6 Å². The maximum absolute atomic E-state index is 13.2. The van der Waals surface area contributed by atoms with Crippen LogP contribution in [0.5, 0.6) is 0 Å². The molecule has 0 aliphatic carbocycles. The van der Waals surface area contributed by atoms with Gasteiger partial charge >= 0.3 is 0 Å². The number of halogens is 2. The Morgan fingerprint density at radius 1 is 1.35 bits per heavy atom. The van der Waals surface area contributed by atoms with Crippen LogP contribution < -0.4 is 5.32 Å². The maximum atomic E-state index is 13.2. The van der Waals surface area contributed by atoms with Gasteiger partial charge in [-0.25, -0.2) is 4.39 Å². The van der Waals surface area contributed by atoms with Gasteiger partial charge in [0, 0.05) is 19.6 Å². The molecule has 0 spiro atoms. The molecule has 0 aromatic heterocycles. The van der Waals surface area contributed by atoms with E-state index in [-0.39, 0.29) is 10.8 Å². The molecule has 2 nitrogen and oxygen atoms in total. The largest absolute Gasteiger partial charge is 0.315 e. The van der Waals surface area contributed by atoms with Gasteiger partial charge in [-0.1, -0.05) is 30.7 Å². The Balaban J connectivity index is 2.39. The second-order valence-corrected chi connectivity index (χ2v) is 4.58. The van der Waals surface area contributed by atoms with Gasteiger partial charge in [0.15, 0.2) is 0 Å². The van der Waals surface area contributed by atoms with Crippen LogP contribution in [0.25, 0.3) is 0 Å². The molecule has 1 rings (SSSR count). The Hall–Kier alpha value is -0.640. The first-order chi connectivity index (χ1) is 8.15. The first-order valence-corrected chi connectivity index (χ1v) is 6.35. The molecule has 0 aliphatic rings. The summed E-state index contributed by atoms with van der Waals surface area (Å²) in [6.45, 7) is 5.71. The SMILES string of the molecule is CCCNCCN(C)Cc1cccc(F)c1Cl. The van der Waals surface area contributed by atoms with Gasteiger partial charge in [0.2, 0.25) is 0 Å². The van der Waals surface area contributed by atoms with Crippen molar-refractivity contribution in [2.75, 3.05) is 26.7 Å². The Morgan fingerprint density at radius 2 is 2.12 bits per heavy atom. The lowest BCUT2D eigenvalue weighted by Gasteiger charge is -2.17. The van der Waals surface area contributed by atoms with Crippen molar-refractivity contribution in [3.8, 4) is 0 Å². The zero-order chi connectivity index (χ0) is 12.7. The Kier molecular flexibility index (Phi) is 6.48. The van der Waals surface area contributed by atoms with Gasteiger partial charge in [-0.15, -0.1) is 0 Å². The molecule has 0 bridgehead atoms. The summed E-state index contributed by atoms with van der Waals surface area (Å²) in [7, 11) is 2.01. The summed E-state index contributed by atoms with van der Waals surface area (Å²) < 4.78 is 13.2. The first-order valence-electron chi connectivity index (χ1n) is 5.97. The van der Waals surface area contributed by atoms with E-state index in [9.17, 15) is 4.39 Å². The molecule has 0 saturated carbocycles. The minimum absolute atomic E-state index is 0.237.